The Morgan fingerprint density at radius 3 is 1.27 bits per heavy atom. The van der Waals surface area contributed by atoms with Gasteiger partial charge >= 0.3 is 0 Å². The predicted molar refractivity (Wildman–Crippen MR) is 209 cm³/mol. The fourth-order valence-corrected chi connectivity index (χ4v) is 4.30. The van der Waals surface area contributed by atoms with Crippen molar-refractivity contribution in [3.8, 4) is 5.75 Å². The van der Waals surface area contributed by atoms with Gasteiger partial charge in [0.25, 0.3) is 17.5 Å². The fraction of sp³-hybridized carbons (Fsp3) is 0.610. The highest BCUT2D eigenvalue weighted by Gasteiger charge is 2.37. The first-order valence-electron chi connectivity index (χ1n) is 18.1. The molecule has 2 fully saturated rings. The SMILES string of the molecule is CC.CC.CC(C)(C)N1C(=O)CCC1=O.CC(C)(C)ON1C(=O)CCC1=O.CC(C)(C)c1ccc([N+](=O)[O-])cc1.Cc1ccc(OC(C)(C)C)cc1. The molecule has 4 rings (SSSR count). The topological polar surface area (TPSA) is 136 Å². The number of carbonyl (C=O) groups is 4. The van der Waals surface area contributed by atoms with Crippen LogP contribution in [0.3, 0.4) is 0 Å². The standard InChI is InChI=1S/C11H16O.C10H13NO2.C8H13NO3.C8H13NO2.2C2H6/c1-9-5-7-10(8-6-9)12-11(2,3)4;1-10(2,3)8-4-6-9(7-5-8)11(12)13;1-8(2,3)12-9-6(10)4-5-7(9)11;1-8(2,3)9-6(10)4-5-7(9)11;2*1-2/h5-8H,1-4H3;4-7H,1-3H3;4-5H2,1-3H3;4-5H2,1-3H3;2*1-2H3. The lowest BCUT2D eigenvalue weighted by molar-refractivity contribution is -0.384. The van der Waals surface area contributed by atoms with Crippen molar-refractivity contribution in [1.82, 2.24) is 9.96 Å². The van der Waals surface area contributed by atoms with Crippen LogP contribution in [0.15, 0.2) is 48.5 Å². The van der Waals surface area contributed by atoms with Crippen LogP contribution in [0.4, 0.5) is 5.69 Å². The molecule has 2 aromatic rings. The van der Waals surface area contributed by atoms with Gasteiger partial charge in [-0.2, -0.15) is 5.06 Å². The van der Waals surface area contributed by atoms with Gasteiger partial charge in [0.1, 0.15) is 11.4 Å². The van der Waals surface area contributed by atoms with Crippen LogP contribution in [0, 0.1) is 17.0 Å². The van der Waals surface area contributed by atoms with E-state index >= 15 is 0 Å². The van der Waals surface area contributed by atoms with Gasteiger partial charge in [0, 0.05) is 43.4 Å². The van der Waals surface area contributed by atoms with Gasteiger partial charge in [-0.05, 0) is 92.3 Å². The molecule has 2 saturated heterocycles. The Morgan fingerprint density at radius 1 is 0.596 bits per heavy atom. The lowest BCUT2D eigenvalue weighted by Crippen LogP contribution is -2.44. The Morgan fingerprint density at radius 2 is 0.981 bits per heavy atom. The zero-order chi connectivity index (χ0) is 41.3. The molecule has 2 heterocycles. The van der Waals surface area contributed by atoms with E-state index in [1.165, 1.54) is 10.5 Å². The number of non-ortho nitro benzene ring substituents is 1. The van der Waals surface area contributed by atoms with Gasteiger partial charge in [-0.1, -0.05) is 78.3 Å². The Kier molecular flexibility index (Phi) is 21.2. The summed E-state index contributed by atoms with van der Waals surface area (Å²) in [6, 6.07) is 14.8. The van der Waals surface area contributed by atoms with E-state index in [0.717, 1.165) is 16.4 Å². The first-order chi connectivity index (χ1) is 23.7. The van der Waals surface area contributed by atoms with Gasteiger partial charge in [0.15, 0.2) is 0 Å². The minimum atomic E-state index is -0.490. The van der Waals surface area contributed by atoms with E-state index in [9.17, 15) is 29.3 Å². The lowest BCUT2D eigenvalue weighted by Gasteiger charge is -2.29. The number of benzene rings is 2. The molecule has 2 aromatic carbocycles. The van der Waals surface area contributed by atoms with E-state index in [2.05, 4.69) is 39.8 Å². The van der Waals surface area contributed by atoms with E-state index in [1.54, 1.807) is 45.0 Å². The average Bonchev–Trinajstić information content (AvgIpc) is 3.54. The van der Waals surface area contributed by atoms with Crippen molar-refractivity contribution in [3.05, 3.63) is 69.8 Å². The molecule has 0 aromatic heterocycles. The third-order valence-electron chi connectivity index (χ3n) is 6.48. The van der Waals surface area contributed by atoms with Crippen LogP contribution < -0.4 is 4.74 Å². The van der Waals surface area contributed by atoms with Gasteiger partial charge in [0.05, 0.1) is 10.5 Å². The first kappa shape index (κ1) is 50.0. The van der Waals surface area contributed by atoms with E-state index in [1.807, 2.05) is 81.4 Å². The van der Waals surface area contributed by atoms with Crippen molar-refractivity contribution in [2.45, 2.75) is 166 Å². The number of imide groups is 2. The lowest BCUT2D eigenvalue weighted by atomic mass is 9.87. The zero-order valence-electron chi connectivity index (χ0n) is 35.1. The number of hydroxylamine groups is 2. The maximum Gasteiger partial charge on any atom is 0.269 e. The number of amides is 4. The van der Waals surface area contributed by atoms with Crippen LogP contribution in [0.1, 0.15) is 148 Å². The summed E-state index contributed by atoms with van der Waals surface area (Å²) in [5.74, 6) is 0.378. The molecular weight excluding hydrogens is 662 g/mol. The van der Waals surface area contributed by atoms with Crippen molar-refractivity contribution in [1.29, 1.82) is 0 Å². The highest BCUT2D eigenvalue weighted by molar-refractivity contribution is 6.02. The molecular formula is C41H67N3O8. The first-order valence-corrected chi connectivity index (χ1v) is 18.1. The number of carbonyl (C=O) groups excluding carboxylic acids is 4. The van der Waals surface area contributed by atoms with Crippen LogP contribution in [0.25, 0.3) is 0 Å². The molecule has 0 atom stereocenters. The average molecular weight is 730 g/mol. The summed E-state index contributed by atoms with van der Waals surface area (Å²) in [6.45, 7) is 33.4. The number of nitrogens with zero attached hydrogens (tertiary/aromatic N) is 3. The highest BCUT2D eigenvalue weighted by atomic mass is 16.7. The quantitative estimate of drug-likeness (QED) is 0.173. The normalized spacial score (nSPS) is 14.2. The number of aryl methyl sites for hydroxylation is 1. The molecule has 11 nitrogen and oxygen atoms in total. The number of ether oxygens (including phenoxy) is 1. The molecule has 11 heteroatoms. The fourth-order valence-electron chi connectivity index (χ4n) is 4.30. The van der Waals surface area contributed by atoms with Crippen LogP contribution in [-0.2, 0) is 29.4 Å². The van der Waals surface area contributed by atoms with Gasteiger partial charge in [-0.15, -0.1) is 0 Å². The van der Waals surface area contributed by atoms with Crippen LogP contribution in [-0.4, -0.2) is 55.3 Å². The molecule has 0 N–H and O–H groups in total. The molecule has 0 unspecified atom stereocenters. The number of nitro groups is 1. The van der Waals surface area contributed by atoms with Crippen molar-refractivity contribution >= 4 is 29.3 Å². The summed E-state index contributed by atoms with van der Waals surface area (Å²) in [5.41, 5.74) is 1.63. The summed E-state index contributed by atoms with van der Waals surface area (Å²) in [6.07, 6.45) is 1.32. The molecule has 2 aliphatic heterocycles. The molecule has 0 radical (unpaired) electrons. The molecule has 2 aliphatic rings. The molecule has 294 valence electrons. The number of likely N-dealkylation sites (tertiary alicyclic amines) is 1. The smallest absolute Gasteiger partial charge is 0.269 e. The monoisotopic (exact) mass is 729 g/mol. The minimum Gasteiger partial charge on any atom is -0.488 e. The predicted octanol–water partition coefficient (Wildman–Crippen LogP) is 9.92. The van der Waals surface area contributed by atoms with Crippen molar-refractivity contribution in [2.75, 3.05) is 0 Å². The Hall–Kier alpha value is -4.12. The van der Waals surface area contributed by atoms with Gasteiger partial charge in [-0.3, -0.25) is 39.0 Å². The molecule has 0 saturated carbocycles. The van der Waals surface area contributed by atoms with E-state index in [-0.39, 0.29) is 63.6 Å². The second-order valence-corrected chi connectivity index (χ2v) is 15.7. The zero-order valence-corrected chi connectivity index (χ0v) is 35.1. The summed E-state index contributed by atoms with van der Waals surface area (Å²) in [4.78, 5) is 60.9. The number of rotatable bonds is 3. The Balaban J connectivity index is 0. The Labute approximate surface area is 313 Å². The molecule has 4 amide bonds. The second kappa shape index (κ2) is 22.1. The highest BCUT2D eigenvalue weighted by Crippen LogP contribution is 2.24. The summed E-state index contributed by atoms with van der Waals surface area (Å²) < 4.78 is 5.66. The van der Waals surface area contributed by atoms with Gasteiger partial charge in [0.2, 0.25) is 11.8 Å². The van der Waals surface area contributed by atoms with Crippen molar-refractivity contribution in [3.63, 3.8) is 0 Å². The van der Waals surface area contributed by atoms with E-state index in [4.69, 9.17) is 9.57 Å². The maximum atomic E-state index is 11.1. The number of hydrogen-bond donors (Lipinski definition) is 0. The molecule has 0 spiro atoms. The Bertz CT molecular complexity index is 1370. The summed E-state index contributed by atoms with van der Waals surface area (Å²) in [5, 5.41) is 11.2. The largest absolute Gasteiger partial charge is 0.488 e. The minimum absolute atomic E-state index is 0.0394. The second-order valence-electron chi connectivity index (χ2n) is 15.7. The van der Waals surface area contributed by atoms with Gasteiger partial charge < -0.3 is 4.74 Å². The van der Waals surface area contributed by atoms with Crippen molar-refractivity contribution in [2.24, 2.45) is 0 Å². The molecule has 52 heavy (non-hydrogen) atoms. The van der Waals surface area contributed by atoms with Crippen LogP contribution >= 0.6 is 0 Å². The molecule has 0 aliphatic carbocycles. The summed E-state index contributed by atoms with van der Waals surface area (Å²) in [7, 11) is 0. The van der Waals surface area contributed by atoms with E-state index in [0.29, 0.717) is 12.8 Å². The maximum absolute atomic E-state index is 11.1. The molecule has 0 bridgehead atoms. The third-order valence-corrected chi connectivity index (χ3v) is 6.48. The van der Waals surface area contributed by atoms with Crippen molar-refractivity contribution < 1.29 is 33.7 Å². The van der Waals surface area contributed by atoms with Crippen LogP contribution in [0.5, 0.6) is 5.75 Å². The number of nitro benzene ring substituents is 1. The van der Waals surface area contributed by atoms with Crippen LogP contribution in [0.2, 0.25) is 0 Å². The van der Waals surface area contributed by atoms with Gasteiger partial charge in [-0.25, -0.2) is 0 Å². The van der Waals surface area contributed by atoms with E-state index < -0.39 is 5.60 Å². The summed E-state index contributed by atoms with van der Waals surface area (Å²) >= 11 is 0. The third kappa shape index (κ3) is 20.1. The number of hydrogen-bond acceptors (Lipinski definition) is 8.